The van der Waals surface area contributed by atoms with E-state index in [-0.39, 0.29) is 0 Å². The predicted molar refractivity (Wildman–Crippen MR) is 54.4 cm³/mol. The van der Waals surface area contributed by atoms with E-state index in [2.05, 4.69) is 44.2 Å². The minimum absolute atomic E-state index is 0.728. The first-order valence-corrected chi connectivity index (χ1v) is 4.89. The van der Waals surface area contributed by atoms with Crippen molar-refractivity contribution in [1.82, 2.24) is 0 Å². The van der Waals surface area contributed by atoms with Gasteiger partial charge in [-0.15, -0.1) is 0 Å². The van der Waals surface area contributed by atoms with Crippen molar-refractivity contribution in [3.63, 3.8) is 0 Å². The van der Waals surface area contributed by atoms with Gasteiger partial charge in [-0.2, -0.15) is 0 Å². The van der Waals surface area contributed by atoms with Crippen molar-refractivity contribution in [2.75, 3.05) is 0 Å². The highest BCUT2D eigenvalue weighted by Gasteiger charge is 2.02. The van der Waals surface area contributed by atoms with E-state index in [0.717, 1.165) is 5.92 Å². The van der Waals surface area contributed by atoms with Gasteiger partial charge in [0, 0.05) is 0 Å². The van der Waals surface area contributed by atoms with Crippen LogP contribution in [0.4, 0.5) is 0 Å². The Bertz CT molecular complexity index is 201. The summed E-state index contributed by atoms with van der Waals surface area (Å²) in [6.07, 6.45) is 3.97. The van der Waals surface area contributed by atoms with Gasteiger partial charge in [-0.25, -0.2) is 0 Å². The highest BCUT2D eigenvalue weighted by atomic mass is 14.1. The molecule has 0 nitrogen and oxygen atoms in total. The lowest BCUT2D eigenvalue weighted by Gasteiger charge is -2.10. The molecule has 0 aromatic heterocycles. The molecule has 1 atom stereocenters. The van der Waals surface area contributed by atoms with Crippen molar-refractivity contribution in [3.05, 3.63) is 35.9 Å². The molecular weight excluding hydrogens is 144 g/mol. The summed E-state index contributed by atoms with van der Waals surface area (Å²) in [6.45, 7) is 4.56. The normalized spacial score (nSPS) is 12.8. The van der Waals surface area contributed by atoms with Gasteiger partial charge in [0.25, 0.3) is 0 Å². The van der Waals surface area contributed by atoms with Crippen LogP contribution < -0.4 is 0 Å². The van der Waals surface area contributed by atoms with Gasteiger partial charge in [-0.1, -0.05) is 57.0 Å². The molecule has 0 aliphatic rings. The molecule has 1 aromatic carbocycles. The van der Waals surface area contributed by atoms with Crippen LogP contribution in [0.2, 0.25) is 0 Å². The van der Waals surface area contributed by atoms with Gasteiger partial charge in [-0.3, -0.25) is 0 Å². The zero-order valence-corrected chi connectivity index (χ0v) is 8.09. The minimum Gasteiger partial charge on any atom is -0.0654 e. The van der Waals surface area contributed by atoms with E-state index in [1.54, 1.807) is 0 Å². The van der Waals surface area contributed by atoms with Crippen LogP contribution in [-0.2, 0) is 0 Å². The first kappa shape index (κ1) is 9.31. The van der Waals surface area contributed by atoms with Crippen LogP contribution in [-0.4, -0.2) is 0 Å². The SMILES string of the molecule is CCCC[C@H](C)c1ccccc1. The van der Waals surface area contributed by atoms with Crippen LogP contribution in [0.25, 0.3) is 0 Å². The molecule has 0 aliphatic heterocycles. The monoisotopic (exact) mass is 162 g/mol. The summed E-state index contributed by atoms with van der Waals surface area (Å²) in [7, 11) is 0. The molecule has 0 heteroatoms. The van der Waals surface area contributed by atoms with Crippen LogP contribution in [0.5, 0.6) is 0 Å². The summed E-state index contributed by atoms with van der Waals surface area (Å²) in [4.78, 5) is 0. The highest BCUT2D eigenvalue weighted by molar-refractivity contribution is 5.18. The molecule has 0 N–H and O–H groups in total. The lowest BCUT2D eigenvalue weighted by Crippen LogP contribution is -1.92. The molecule has 0 unspecified atom stereocenters. The molecule has 0 bridgehead atoms. The maximum absolute atomic E-state index is 2.31. The Morgan fingerprint density at radius 1 is 1.17 bits per heavy atom. The summed E-state index contributed by atoms with van der Waals surface area (Å²) < 4.78 is 0. The van der Waals surface area contributed by atoms with Crippen molar-refractivity contribution in [1.29, 1.82) is 0 Å². The maximum Gasteiger partial charge on any atom is -0.0190 e. The fourth-order valence-electron chi connectivity index (χ4n) is 1.46. The van der Waals surface area contributed by atoms with E-state index in [1.165, 1.54) is 24.8 Å². The molecule has 0 heterocycles. The molecule has 66 valence electrons. The molecule has 1 aromatic rings. The maximum atomic E-state index is 2.31. The quantitative estimate of drug-likeness (QED) is 0.628. The average molecular weight is 162 g/mol. The number of benzene rings is 1. The van der Waals surface area contributed by atoms with Gasteiger partial charge in [0.05, 0.1) is 0 Å². The topological polar surface area (TPSA) is 0 Å². The van der Waals surface area contributed by atoms with E-state index < -0.39 is 0 Å². The second kappa shape index (κ2) is 4.97. The van der Waals surface area contributed by atoms with Gasteiger partial charge in [-0.05, 0) is 17.9 Å². The third-order valence-electron chi connectivity index (χ3n) is 2.36. The summed E-state index contributed by atoms with van der Waals surface area (Å²) >= 11 is 0. The van der Waals surface area contributed by atoms with E-state index in [1.807, 2.05) is 0 Å². The van der Waals surface area contributed by atoms with E-state index >= 15 is 0 Å². The van der Waals surface area contributed by atoms with Gasteiger partial charge < -0.3 is 0 Å². The minimum atomic E-state index is 0.728. The summed E-state index contributed by atoms with van der Waals surface area (Å²) in [5, 5.41) is 0. The van der Waals surface area contributed by atoms with Crippen LogP contribution in [0.1, 0.15) is 44.6 Å². The highest BCUT2D eigenvalue weighted by Crippen LogP contribution is 2.20. The number of hydrogen-bond donors (Lipinski definition) is 0. The third-order valence-corrected chi connectivity index (χ3v) is 2.36. The Balaban J connectivity index is 2.48. The molecule has 0 radical (unpaired) electrons. The Morgan fingerprint density at radius 3 is 2.42 bits per heavy atom. The standard InChI is InChI=1S/C12H18/c1-3-4-8-11(2)12-9-6-5-7-10-12/h5-7,9-11H,3-4,8H2,1-2H3/t11-/m0/s1. The zero-order chi connectivity index (χ0) is 8.81. The molecule has 12 heavy (non-hydrogen) atoms. The molecule has 0 saturated carbocycles. The number of hydrogen-bond acceptors (Lipinski definition) is 0. The fraction of sp³-hybridized carbons (Fsp3) is 0.500. The Hall–Kier alpha value is -0.780. The number of rotatable bonds is 4. The van der Waals surface area contributed by atoms with Gasteiger partial charge in [0.2, 0.25) is 0 Å². The van der Waals surface area contributed by atoms with E-state index in [4.69, 9.17) is 0 Å². The van der Waals surface area contributed by atoms with Crippen molar-refractivity contribution in [2.45, 2.75) is 39.0 Å². The lowest BCUT2D eigenvalue weighted by atomic mass is 9.96. The second-order valence-corrected chi connectivity index (χ2v) is 3.45. The Labute approximate surface area is 75.6 Å². The van der Waals surface area contributed by atoms with Crippen molar-refractivity contribution in [2.24, 2.45) is 0 Å². The van der Waals surface area contributed by atoms with Gasteiger partial charge >= 0.3 is 0 Å². The molecular formula is C12H18. The largest absolute Gasteiger partial charge is 0.0654 e. The fourth-order valence-corrected chi connectivity index (χ4v) is 1.46. The van der Waals surface area contributed by atoms with Crippen LogP contribution in [0, 0.1) is 0 Å². The average Bonchev–Trinajstić information content (AvgIpc) is 2.15. The molecule has 0 amide bonds. The lowest BCUT2D eigenvalue weighted by molar-refractivity contribution is 0.624. The van der Waals surface area contributed by atoms with Crippen molar-refractivity contribution < 1.29 is 0 Å². The first-order valence-electron chi connectivity index (χ1n) is 4.89. The van der Waals surface area contributed by atoms with Crippen LogP contribution >= 0.6 is 0 Å². The smallest absolute Gasteiger partial charge is 0.0190 e. The molecule has 0 fully saturated rings. The second-order valence-electron chi connectivity index (χ2n) is 3.45. The van der Waals surface area contributed by atoms with Crippen LogP contribution in [0.15, 0.2) is 30.3 Å². The third kappa shape index (κ3) is 2.69. The Kier molecular flexibility index (Phi) is 3.86. The Morgan fingerprint density at radius 2 is 1.83 bits per heavy atom. The van der Waals surface area contributed by atoms with Crippen LogP contribution in [0.3, 0.4) is 0 Å². The van der Waals surface area contributed by atoms with Crippen molar-refractivity contribution >= 4 is 0 Å². The predicted octanol–water partition coefficient (Wildman–Crippen LogP) is 3.98. The first-order chi connectivity index (χ1) is 5.84. The van der Waals surface area contributed by atoms with E-state index in [9.17, 15) is 0 Å². The summed E-state index contributed by atoms with van der Waals surface area (Å²) in [5.41, 5.74) is 1.48. The summed E-state index contributed by atoms with van der Waals surface area (Å²) in [6, 6.07) is 10.8. The summed E-state index contributed by atoms with van der Waals surface area (Å²) in [5.74, 6) is 0.728. The molecule has 0 aliphatic carbocycles. The van der Waals surface area contributed by atoms with Gasteiger partial charge in [0.15, 0.2) is 0 Å². The van der Waals surface area contributed by atoms with Gasteiger partial charge in [0.1, 0.15) is 0 Å². The van der Waals surface area contributed by atoms with E-state index in [0.29, 0.717) is 0 Å². The molecule has 0 saturated heterocycles. The zero-order valence-electron chi connectivity index (χ0n) is 8.09. The molecule has 0 spiro atoms. The number of unbranched alkanes of at least 4 members (excludes halogenated alkanes) is 1. The molecule has 1 rings (SSSR count). The van der Waals surface area contributed by atoms with Crippen molar-refractivity contribution in [3.8, 4) is 0 Å².